The second-order valence-corrected chi connectivity index (χ2v) is 5.40. The molecule has 1 saturated heterocycles. The number of aliphatic hydroxyl groups excluding tert-OH is 1. The molecule has 3 unspecified atom stereocenters. The number of piperidine rings is 1. The molecule has 0 aromatic heterocycles. The van der Waals surface area contributed by atoms with Gasteiger partial charge in [-0.05, 0) is 19.3 Å². The second-order valence-electron chi connectivity index (χ2n) is 5.40. The van der Waals surface area contributed by atoms with Crippen molar-refractivity contribution < 1.29 is 9.90 Å². The molecule has 6 heteroatoms. The average molecular weight is 268 g/mol. The molecule has 6 nitrogen and oxygen atoms in total. The van der Waals surface area contributed by atoms with Crippen LogP contribution in [0.15, 0.2) is 4.99 Å². The van der Waals surface area contributed by atoms with Crippen LogP contribution in [0.1, 0.15) is 32.1 Å². The van der Waals surface area contributed by atoms with Gasteiger partial charge in [0.15, 0.2) is 5.96 Å². The summed E-state index contributed by atoms with van der Waals surface area (Å²) in [4.78, 5) is 15.3. The molecule has 19 heavy (non-hydrogen) atoms. The van der Waals surface area contributed by atoms with E-state index in [1.54, 1.807) is 7.05 Å². The van der Waals surface area contributed by atoms with Crippen LogP contribution in [0.5, 0.6) is 0 Å². The van der Waals surface area contributed by atoms with E-state index >= 15 is 0 Å². The van der Waals surface area contributed by atoms with Crippen LogP contribution >= 0.6 is 0 Å². The van der Waals surface area contributed by atoms with E-state index in [1.807, 2.05) is 0 Å². The Morgan fingerprint density at radius 3 is 2.89 bits per heavy atom. The van der Waals surface area contributed by atoms with Crippen molar-refractivity contribution in [3.8, 4) is 0 Å². The zero-order valence-electron chi connectivity index (χ0n) is 11.5. The highest BCUT2D eigenvalue weighted by Gasteiger charge is 2.25. The number of guanidine groups is 1. The van der Waals surface area contributed by atoms with Crippen molar-refractivity contribution in [3.05, 3.63) is 0 Å². The van der Waals surface area contributed by atoms with Gasteiger partial charge in [0.05, 0.1) is 6.10 Å². The van der Waals surface area contributed by atoms with Crippen LogP contribution in [0.3, 0.4) is 0 Å². The molecule has 0 bridgehead atoms. The van der Waals surface area contributed by atoms with Gasteiger partial charge in [-0.1, -0.05) is 6.42 Å². The van der Waals surface area contributed by atoms with Crippen molar-refractivity contribution >= 4 is 11.9 Å². The highest BCUT2D eigenvalue weighted by atomic mass is 16.3. The number of carbonyl (C=O) groups excluding carboxylic acids is 1. The number of carbonyl (C=O) groups is 1. The third-order valence-electron chi connectivity index (χ3n) is 3.98. The number of amides is 1. The Morgan fingerprint density at radius 1 is 1.47 bits per heavy atom. The van der Waals surface area contributed by atoms with Gasteiger partial charge in [0.1, 0.15) is 0 Å². The minimum Gasteiger partial charge on any atom is -0.393 e. The summed E-state index contributed by atoms with van der Waals surface area (Å²) in [6.07, 6.45) is 4.31. The van der Waals surface area contributed by atoms with Crippen molar-refractivity contribution in [2.45, 2.75) is 44.2 Å². The van der Waals surface area contributed by atoms with E-state index < -0.39 is 0 Å². The predicted octanol–water partition coefficient (Wildman–Crippen LogP) is -0.409. The molecular weight excluding hydrogens is 244 g/mol. The molecule has 1 heterocycles. The Morgan fingerprint density at radius 2 is 2.32 bits per heavy atom. The van der Waals surface area contributed by atoms with Crippen molar-refractivity contribution in [2.24, 2.45) is 10.9 Å². The molecule has 1 aliphatic heterocycles. The molecule has 2 aliphatic rings. The number of hydrogen-bond acceptors (Lipinski definition) is 3. The monoisotopic (exact) mass is 268 g/mol. The number of aliphatic hydroxyl groups is 1. The van der Waals surface area contributed by atoms with Gasteiger partial charge in [0.25, 0.3) is 0 Å². The molecule has 1 saturated carbocycles. The fourth-order valence-corrected chi connectivity index (χ4v) is 2.73. The minimum absolute atomic E-state index is 0.120. The van der Waals surface area contributed by atoms with Gasteiger partial charge in [-0.25, -0.2) is 0 Å². The molecular formula is C13H24N4O2. The van der Waals surface area contributed by atoms with E-state index in [2.05, 4.69) is 20.9 Å². The molecule has 108 valence electrons. The zero-order valence-corrected chi connectivity index (χ0v) is 11.5. The Labute approximate surface area is 114 Å². The van der Waals surface area contributed by atoms with Gasteiger partial charge in [-0.3, -0.25) is 9.79 Å². The van der Waals surface area contributed by atoms with E-state index in [4.69, 9.17) is 0 Å². The fraction of sp³-hybridized carbons (Fsp3) is 0.846. The maximum absolute atomic E-state index is 11.1. The van der Waals surface area contributed by atoms with Gasteiger partial charge in [-0.2, -0.15) is 0 Å². The van der Waals surface area contributed by atoms with Crippen LogP contribution in [-0.2, 0) is 4.79 Å². The molecule has 0 aromatic carbocycles. The first-order chi connectivity index (χ1) is 9.19. The van der Waals surface area contributed by atoms with Crippen molar-refractivity contribution in [1.82, 2.24) is 16.0 Å². The van der Waals surface area contributed by atoms with E-state index in [1.165, 1.54) is 0 Å². The van der Waals surface area contributed by atoms with E-state index in [-0.39, 0.29) is 18.1 Å². The Balaban J connectivity index is 1.73. The highest BCUT2D eigenvalue weighted by molar-refractivity contribution is 5.81. The lowest BCUT2D eigenvalue weighted by molar-refractivity contribution is -0.122. The van der Waals surface area contributed by atoms with Crippen molar-refractivity contribution in [3.63, 3.8) is 0 Å². The lowest BCUT2D eigenvalue weighted by atomic mass is 10.1. The number of aliphatic imine (C=N–C) groups is 1. The van der Waals surface area contributed by atoms with Gasteiger partial charge in [0, 0.05) is 38.5 Å². The summed E-state index contributed by atoms with van der Waals surface area (Å²) in [6.45, 7) is 1.39. The first-order valence-electron chi connectivity index (χ1n) is 7.11. The van der Waals surface area contributed by atoms with Crippen molar-refractivity contribution in [2.75, 3.05) is 20.1 Å². The van der Waals surface area contributed by atoms with Crippen LogP contribution in [0.25, 0.3) is 0 Å². The number of nitrogens with zero attached hydrogens (tertiary/aromatic N) is 1. The topological polar surface area (TPSA) is 85.8 Å². The first-order valence-corrected chi connectivity index (χ1v) is 7.11. The average Bonchev–Trinajstić information content (AvgIpc) is 2.82. The summed E-state index contributed by atoms with van der Waals surface area (Å²) in [5.74, 6) is 1.19. The maximum atomic E-state index is 11.1. The summed E-state index contributed by atoms with van der Waals surface area (Å²) >= 11 is 0. The third-order valence-corrected chi connectivity index (χ3v) is 3.98. The summed E-state index contributed by atoms with van der Waals surface area (Å²) in [5.41, 5.74) is 0. The van der Waals surface area contributed by atoms with Crippen LogP contribution in [-0.4, -0.2) is 49.3 Å². The van der Waals surface area contributed by atoms with Crippen LogP contribution in [0.2, 0.25) is 0 Å². The molecule has 0 radical (unpaired) electrons. The Kier molecular flexibility index (Phi) is 5.01. The van der Waals surface area contributed by atoms with Gasteiger partial charge in [-0.15, -0.1) is 0 Å². The summed E-state index contributed by atoms with van der Waals surface area (Å²) in [7, 11) is 1.74. The lowest BCUT2D eigenvalue weighted by Crippen LogP contribution is -2.52. The number of hydrogen-bond donors (Lipinski definition) is 4. The fourth-order valence-electron chi connectivity index (χ4n) is 2.73. The lowest BCUT2D eigenvalue weighted by Gasteiger charge is -2.26. The van der Waals surface area contributed by atoms with Gasteiger partial charge < -0.3 is 21.1 Å². The molecule has 1 amide bonds. The molecule has 2 fully saturated rings. The molecule has 0 aromatic rings. The van der Waals surface area contributed by atoms with Crippen molar-refractivity contribution in [1.29, 1.82) is 0 Å². The first kappa shape index (κ1) is 14.1. The molecule has 3 atom stereocenters. The minimum atomic E-state index is -0.181. The zero-order chi connectivity index (χ0) is 13.7. The third kappa shape index (κ3) is 4.09. The summed E-state index contributed by atoms with van der Waals surface area (Å²) < 4.78 is 0. The van der Waals surface area contributed by atoms with E-state index in [9.17, 15) is 9.90 Å². The molecule has 4 N–H and O–H groups in total. The second kappa shape index (κ2) is 6.75. The van der Waals surface area contributed by atoms with Gasteiger partial charge >= 0.3 is 0 Å². The predicted molar refractivity (Wildman–Crippen MR) is 73.9 cm³/mol. The normalized spacial score (nSPS) is 32.0. The van der Waals surface area contributed by atoms with Crippen LogP contribution < -0.4 is 16.0 Å². The summed E-state index contributed by atoms with van der Waals surface area (Å²) in [6, 6.07) is 0.234. The number of rotatable bonds is 3. The largest absolute Gasteiger partial charge is 0.393 e. The Bertz CT molecular complexity index is 336. The molecule has 1 aliphatic carbocycles. The van der Waals surface area contributed by atoms with Crippen LogP contribution in [0, 0.1) is 5.92 Å². The summed E-state index contributed by atoms with van der Waals surface area (Å²) in [5, 5.41) is 19.2. The quantitative estimate of drug-likeness (QED) is 0.414. The molecule has 0 spiro atoms. The standard InChI is InChI=1S/C13H24N4O2/c1-14-13(16-7-9-3-2-4-11(9)18)17-10-5-6-12(19)15-8-10/h9-11,18H,2-8H2,1H3,(H,15,19)(H2,14,16,17). The Hall–Kier alpha value is -1.30. The smallest absolute Gasteiger partial charge is 0.220 e. The van der Waals surface area contributed by atoms with E-state index in [0.717, 1.165) is 38.2 Å². The SMILES string of the molecule is CN=C(NCC1CCCC1O)NC1CCC(=O)NC1. The van der Waals surface area contributed by atoms with Crippen LogP contribution in [0.4, 0.5) is 0 Å². The maximum Gasteiger partial charge on any atom is 0.220 e. The number of nitrogens with one attached hydrogen (secondary N) is 3. The van der Waals surface area contributed by atoms with E-state index in [0.29, 0.717) is 18.9 Å². The van der Waals surface area contributed by atoms with Gasteiger partial charge in [0.2, 0.25) is 5.91 Å². The molecule has 2 rings (SSSR count). The highest BCUT2D eigenvalue weighted by Crippen LogP contribution is 2.24.